The van der Waals surface area contributed by atoms with Crippen LogP contribution in [0.1, 0.15) is 6.92 Å². The van der Waals surface area contributed by atoms with Gasteiger partial charge in [0.15, 0.2) is 0 Å². The van der Waals surface area contributed by atoms with Crippen LogP contribution in [-0.4, -0.2) is 40.1 Å². The minimum atomic E-state index is -3.84. The second-order valence-corrected chi connectivity index (χ2v) is 5.59. The van der Waals surface area contributed by atoms with Gasteiger partial charge in [0.25, 0.3) is 5.69 Å². The first-order valence-corrected chi connectivity index (χ1v) is 7.41. The highest BCUT2D eigenvalue weighted by Gasteiger charge is 2.21. The highest BCUT2D eigenvalue weighted by molar-refractivity contribution is 7.89. The van der Waals surface area contributed by atoms with Crippen LogP contribution in [0.2, 0.25) is 0 Å². The molecule has 0 aliphatic rings. The average Bonchev–Trinajstić information content (AvgIpc) is 2.39. The molecule has 0 spiro atoms. The van der Waals surface area contributed by atoms with Gasteiger partial charge in [-0.15, -0.1) is 0 Å². The monoisotopic (exact) mass is 303 g/mol. The number of benzene rings is 1. The van der Waals surface area contributed by atoms with Crippen molar-refractivity contribution >= 4 is 21.4 Å². The number of anilines is 1. The van der Waals surface area contributed by atoms with E-state index in [1.54, 1.807) is 6.92 Å². The minimum Gasteiger partial charge on any atom is -0.384 e. The zero-order chi connectivity index (χ0) is 15.2. The smallest absolute Gasteiger partial charge is 0.270 e. The van der Waals surface area contributed by atoms with E-state index in [9.17, 15) is 18.5 Å². The molecular formula is C11H17N3O5S. The molecule has 0 aromatic heterocycles. The van der Waals surface area contributed by atoms with Crippen molar-refractivity contribution in [3.63, 3.8) is 0 Å². The van der Waals surface area contributed by atoms with Crippen molar-refractivity contribution in [2.45, 2.75) is 11.8 Å². The van der Waals surface area contributed by atoms with Crippen LogP contribution in [0.15, 0.2) is 23.1 Å². The second kappa shape index (κ2) is 7.17. The Kier molecular flexibility index (Phi) is 5.86. The van der Waals surface area contributed by atoms with Crippen LogP contribution in [0, 0.1) is 10.1 Å². The van der Waals surface area contributed by atoms with Crippen molar-refractivity contribution in [2.24, 2.45) is 0 Å². The molecule has 0 aliphatic carbocycles. The largest absolute Gasteiger partial charge is 0.384 e. The number of rotatable bonds is 8. The van der Waals surface area contributed by atoms with Crippen LogP contribution in [0.5, 0.6) is 0 Å². The number of nitrogens with one attached hydrogen (secondary N) is 2. The molecule has 20 heavy (non-hydrogen) atoms. The number of nitrogens with zero attached hydrogens (tertiary/aromatic N) is 1. The van der Waals surface area contributed by atoms with E-state index in [4.69, 9.17) is 4.74 Å². The molecule has 0 saturated heterocycles. The molecule has 2 N–H and O–H groups in total. The van der Waals surface area contributed by atoms with Crippen LogP contribution in [0.25, 0.3) is 0 Å². The molecule has 0 saturated carbocycles. The minimum absolute atomic E-state index is 0.0904. The fraction of sp³-hybridized carbons (Fsp3) is 0.455. The fourth-order valence-electron chi connectivity index (χ4n) is 1.54. The maximum Gasteiger partial charge on any atom is 0.270 e. The van der Waals surface area contributed by atoms with Gasteiger partial charge in [-0.25, -0.2) is 13.1 Å². The molecule has 112 valence electrons. The van der Waals surface area contributed by atoms with Crippen LogP contribution in [0.4, 0.5) is 11.4 Å². The molecule has 1 aromatic carbocycles. The number of methoxy groups -OCH3 is 1. The first-order valence-electron chi connectivity index (χ1n) is 5.93. The Morgan fingerprint density at radius 1 is 1.40 bits per heavy atom. The normalized spacial score (nSPS) is 11.3. The number of nitro benzene ring substituents is 1. The predicted molar refractivity (Wildman–Crippen MR) is 74.3 cm³/mol. The van der Waals surface area contributed by atoms with E-state index in [0.717, 1.165) is 6.07 Å². The van der Waals surface area contributed by atoms with Crippen LogP contribution in [-0.2, 0) is 14.8 Å². The SMILES string of the molecule is CCNc1ccc([N+](=O)[O-])cc1S(=O)(=O)NCCOC. The van der Waals surface area contributed by atoms with Crippen molar-refractivity contribution < 1.29 is 18.1 Å². The first kappa shape index (κ1) is 16.3. The highest BCUT2D eigenvalue weighted by Crippen LogP contribution is 2.26. The topological polar surface area (TPSA) is 111 Å². The van der Waals surface area contributed by atoms with Gasteiger partial charge in [0.1, 0.15) is 4.90 Å². The molecule has 0 aliphatic heterocycles. The molecule has 1 aromatic rings. The number of hydrogen-bond donors (Lipinski definition) is 2. The number of sulfonamides is 1. The standard InChI is InChI=1S/C11H17N3O5S/c1-3-12-10-5-4-9(14(15)16)8-11(10)20(17,18)13-6-7-19-2/h4-5,8,12-13H,3,6-7H2,1-2H3. The van der Waals surface area contributed by atoms with Crippen LogP contribution >= 0.6 is 0 Å². The van der Waals surface area contributed by atoms with Gasteiger partial charge in [-0.1, -0.05) is 0 Å². The van der Waals surface area contributed by atoms with Crippen LogP contribution in [0.3, 0.4) is 0 Å². The lowest BCUT2D eigenvalue weighted by Gasteiger charge is -2.12. The Morgan fingerprint density at radius 2 is 2.10 bits per heavy atom. The van der Waals surface area contributed by atoms with E-state index in [1.807, 2.05) is 0 Å². The maximum atomic E-state index is 12.1. The van der Waals surface area contributed by atoms with Gasteiger partial charge in [-0.05, 0) is 13.0 Å². The average molecular weight is 303 g/mol. The van der Waals surface area contributed by atoms with Crippen molar-refractivity contribution in [2.75, 3.05) is 32.1 Å². The summed E-state index contributed by atoms with van der Waals surface area (Å²) in [5.74, 6) is 0. The van der Waals surface area contributed by atoms with Crippen molar-refractivity contribution in [3.05, 3.63) is 28.3 Å². The van der Waals surface area contributed by atoms with Gasteiger partial charge in [0.2, 0.25) is 10.0 Å². The summed E-state index contributed by atoms with van der Waals surface area (Å²) in [5.41, 5.74) is 0.0433. The Labute approximate surface area is 117 Å². The lowest BCUT2D eigenvalue weighted by Crippen LogP contribution is -2.28. The summed E-state index contributed by atoms with van der Waals surface area (Å²) in [6, 6.07) is 3.67. The van der Waals surface area contributed by atoms with E-state index < -0.39 is 14.9 Å². The van der Waals surface area contributed by atoms with Gasteiger partial charge in [0.05, 0.1) is 17.2 Å². The molecule has 0 atom stereocenters. The molecule has 0 fully saturated rings. The summed E-state index contributed by atoms with van der Waals surface area (Å²) < 4.78 is 31.4. The van der Waals surface area contributed by atoms with Gasteiger partial charge in [-0.2, -0.15) is 0 Å². The number of hydrogen-bond acceptors (Lipinski definition) is 6. The lowest BCUT2D eigenvalue weighted by molar-refractivity contribution is -0.385. The molecule has 0 radical (unpaired) electrons. The van der Waals surface area contributed by atoms with Gasteiger partial charge in [-0.3, -0.25) is 10.1 Å². The van der Waals surface area contributed by atoms with Crippen molar-refractivity contribution in [3.8, 4) is 0 Å². The van der Waals surface area contributed by atoms with E-state index in [1.165, 1.54) is 19.2 Å². The van der Waals surface area contributed by atoms with E-state index in [0.29, 0.717) is 12.2 Å². The molecule has 9 heteroatoms. The third-order valence-electron chi connectivity index (χ3n) is 2.43. The molecule has 0 bridgehead atoms. The molecule has 1 rings (SSSR count). The number of nitro groups is 1. The molecular weight excluding hydrogens is 286 g/mol. The quantitative estimate of drug-likeness (QED) is 0.420. The summed E-state index contributed by atoms with van der Waals surface area (Å²) in [4.78, 5) is 9.98. The summed E-state index contributed by atoms with van der Waals surface area (Å²) >= 11 is 0. The van der Waals surface area contributed by atoms with E-state index in [-0.39, 0.29) is 23.7 Å². The summed E-state index contributed by atoms with van der Waals surface area (Å²) in [6.45, 7) is 2.60. The van der Waals surface area contributed by atoms with Gasteiger partial charge < -0.3 is 10.1 Å². The summed E-state index contributed by atoms with van der Waals surface area (Å²) in [6.07, 6.45) is 0. The Bertz CT molecular complexity index is 573. The molecule has 0 unspecified atom stereocenters. The predicted octanol–water partition coefficient (Wildman–Crippen LogP) is 0.951. The van der Waals surface area contributed by atoms with Gasteiger partial charge >= 0.3 is 0 Å². The van der Waals surface area contributed by atoms with Crippen molar-refractivity contribution in [1.82, 2.24) is 4.72 Å². The van der Waals surface area contributed by atoms with E-state index in [2.05, 4.69) is 10.0 Å². The summed E-state index contributed by atoms with van der Waals surface area (Å²) in [7, 11) is -2.39. The highest BCUT2D eigenvalue weighted by atomic mass is 32.2. The Morgan fingerprint density at radius 3 is 2.65 bits per heavy atom. The third-order valence-corrected chi connectivity index (χ3v) is 3.93. The first-order chi connectivity index (χ1) is 9.42. The molecule has 0 amide bonds. The maximum absolute atomic E-state index is 12.1. The zero-order valence-corrected chi connectivity index (χ0v) is 12.1. The fourth-order valence-corrected chi connectivity index (χ4v) is 2.75. The lowest BCUT2D eigenvalue weighted by atomic mass is 10.3. The molecule has 8 nitrogen and oxygen atoms in total. The third kappa shape index (κ3) is 4.15. The number of ether oxygens (including phenoxy) is 1. The Balaban J connectivity index is 3.17. The number of non-ortho nitro benzene ring substituents is 1. The Hall–Kier alpha value is -1.71. The van der Waals surface area contributed by atoms with Crippen LogP contribution < -0.4 is 10.0 Å². The van der Waals surface area contributed by atoms with Gasteiger partial charge in [0, 0.05) is 32.3 Å². The molecule has 0 heterocycles. The zero-order valence-electron chi connectivity index (χ0n) is 11.3. The second-order valence-electron chi connectivity index (χ2n) is 3.86. The van der Waals surface area contributed by atoms with Crippen molar-refractivity contribution in [1.29, 1.82) is 0 Å². The van der Waals surface area contributed by atoms with E-state index >= 15 is 0 Å². The summed E-state index contributed by atoms with van der Waals surface area (Å²) in [5, 5.41) is 13.6.